The van der Waals surface area contributed by atoms with Gasteiger partial charge in [-0.15, -0.1) is 0 Å². The van der Waals surface area contributed by atoms with Gasteiger partial charge in [0.15, 0.2) is 0 Å². The SMILES string of the molecule is COc1ccc(C(Cc2c(C(F)(F)F)cccc2C(F)(F)F)c2ccc(OC)cc2)cc1. The Morgan fingerprint density at radius 1 is 0.625 bits per heavy atom. The van der Waals surface area contributed by atoms with Crippen LogP contribution in [0.15, 0.2) is 66.7 Å². The third-order valence-electron chi connectivity index (χ3n) is 5.23. The number of methoxy groups -OCH3 is 2. The van der Waals surface area contributed by atoms with E-state index in [0.29, 0.717) is 34.8 Å². The van der Waals surface area contributed by atoms with Crippen molar-refractivity contribution in [3.05, 3.63) is 94.5 Å². The number of hydrogen-bond donors (Lipinski definition) is 0. The van der Waals surface area contributed by atoms with Crippen LogP contribution in [0.1, 0.15) is 33.7 Å². The van der Waals surface area contributed by atoms with E-state index < -0.39 is 41.4 Å². The molecule has 0 spiro atoms. The van der Waals surface area contributed by atoms with Crippen molar-refractivity contribution in [2.75, 3.05) is 14.2 Å². The fourth-order valence-corrected chi connectivity index (χ4v) is 3.64. The largest absolute Gasteiger partial charge is 0.497 e. The molecule has 0 aromatic heterocycles. The molecule has 0 unspecified atom stereocenters. The third-order valence-corrected chi connectivity index (χ3v) is 5.23. The average Bonchev–Trinajstić information content (AvgIpc) is 2.76. The number of alkyl halides is 6. The topological polar surface area (TPSA) is 18.5 Å². The van der Waals surface area contributed by atoms with E-state index in [1.54, 1.807) is 48.5 Å². The summed E-state index contributed by atoms with van der Waals surface area (Å²) >= 11 is 0. The van der Waals surface area contributed by atoms with Gasteiger partial charge in [0.1, 0.15) is 11.5 Å². The van der Waals surface area contributed by atoms with Crippen molar-refractivity contribution in [1.82, 2.24) is 0 Å². The first-order valence-electron chi connectivity index (χ1n) is 9.58. The van der Waals surface area contributed by atoms with Crippen LogP contribution in [-0.2, 0) is 18.8 Å². The fraction of sp³-hybridized carbons (Fsp3) is 0.250. The van der Waals surface area contributed by atoms with E-state index in [1.807, 2.05) is 0 Å². The highest BCUT2D eigenvalue weighted by atomic mass is 19.4. The molecule has 0 saturated carbocycles. The lowest BCUT2D eigenvalue weighted by Gasteiger charge is -2.24. The molecule has 0 saturated heterocycles. The van der Waals surface area contributed by atoms with Gasteiger partial charge in [-0.05, 0) is 59.5 Å². The van der Waals surface area contributed by atoms with Crippen LogP contribution in [-0.4, -0.2) is 14.2 Å². The van der Waals surface area contributed by atoms with Gasteiger partial charge in [-0.2, -0.15) is 26.3 Å². The summed E-state index contributed by atoms with van der Waals surface area (Å²) in [6.07, 6.45) is -10.4. The van der Waals surface area contributed by atoms with Crippen LogP contribution in [0, 0.1) is 0 Å². The molecule has 0 atom stereocenters. The second kappa shape index (κ2) is 9.14. The maximum absolute atomic E-state index is 13.7. The third kappa shape index (κ3) is 5.18. The predicted molar refractivity (Wildman–Crippen MR) is 108 cm³/mol. The molecular weight excluding hydrogens is 434 g/mol. The highest BCUT2D eigenvalue weighted by Crippen LogP contribution is 2.42. The molecule has 8 heteroatoms. The number of benzene rings is 3. The van der Waals surface area contributed by atoms with Gasteiger partial charge < -0.3 is 9.47 Å². The van der Waals surface area contributed by atoms with Crippen LogP contribution in [0.4, 0.5) is 26.3 Å². The van der Waals surface area contributed by atoms with E-state index in [1.165, 1.54) is 14.2 Å². The van der Waals surface area contributed by atoms with Gasteiger partial charge in [0, 0.05) is 5.92 Å². The van der Waals surface area contributed by atoms with Crippen LogP contribution >= 0.6 is 0 Å². The summed E-state index contributed by atoms with van der Waals surface area (Å²) in [6, 6.07) is 15.2. The van der Waals surface area contributed by atoms with Crippen LogP contribution in [0.2, 0.25) is 0 Å². The Kier molecular flexibility index (Phi) is 6.71. The minimum Gasteiger partial charge on any atom is -0.497 e. The second-order valence-corrected chi connectivity index (χ2v) is 7.13. The van der Waals surface area contributed by atoms with Crippen molar-refractivity contribution in [1.29, 1.82) is 0 Å². The van der Waals surface area contributed by atoms with Crippen molar-refractivity contribution in [2.24, 2.45) is 0 Å². The second-order valence-electron chi connectivity index (χ2n) is 7.13. The standard InChI is InChI=1S/C24H20F6O2/c1-31-17-10-6-15(7-11-17)19(16-8-12-18(32-2)13-9-16)14-20-21(23(25,26)27)4-3-5-22(20)24(28,29)30/h3-13,19H,14H2,1-2H3. The summed E-state index contributed by atoms with van der Waals surface area (Å²) in [5.74, 6) is 0.277. The molecule has 0 aliphatic heterocycles. The first kappa shape index (κ1) is 23.5. The Bertz CT molecular complexity index is 958. The highest BCUT2D eigenvalue weighted by molar-refractivity contribution is 5.45. The molecule has 0 amide bonds. The van der Waals surface area contributed by atoms with E-state index in [9.17, 15) is 26.3 Å². The van der Waals surface area contributed by atoms with Crippen molar-refractivity contribution >= 4 is 0 Å². The van der Waals surface area contributed by atoms with E-state index in [4.69, 9.17) is 9.47 Å². The van der Waals surface area contributed by atoms with E-state index in [0.717, 1.165) is 6.07 Å². The Morgan fingerprint density at radius 2 is 1.00 bits per heavy atom. The Labute approximate surface area is 181 Å². The van der Waals surface area contributed by atoms with Crippen molar-refractivity contribution in [3.63, 3.8) is 0 Å². The summed E-state index contributed by atoms with van der Waals surface area (Å²) in [6.45, 7) is 0. The number of rotatable bonds is 6. The van der Waals surface area contributed by atoms with Crippen LogP contribution in [0.25, 0.3) is 0 Å². The highest BCUT2D eigenvalue weighted by Gasteiger charge is 2.41. The first-order valence-corrected chi connectivity index (χ1v) is 9.58. The van der Waals surface area contributed by atoms with Gasteiger partial charge >= 0.3 is 12.4 Å². The molecule has 0 bridgehead atoms. The number of ether oxygens (including phenoxy) is 2. The normalized spacial score (nSPS) is 12.2. The maximum Gasteiger partial charge on any atom is 0.416 e. The van der Waals surface area contributed by atoms with Crippen LogP contribution in [0.3, 0.4) is 0 Å². The lowest BCUT2D eigenvalue weighted by atomic mass is 9.83. The molecule has 0 heterocycles. The van der Waals surface area contributed by atoms with Crippen LogP contribution < -0.4 is 9.47 Å². The molecule has 3 rings (SSSR count). The predicted octanol–water partition coefficient (Wildman–Crippen LogP) is 7.12. The monoisotopic (exact) mass is 454 g/mol. The lowest BCUT2D eigenvalue weighted by Crippen LogP contribution is -2.19. The Morgan fingerprint density at radius 3 is 1.31 bits per heavy atom. The van der Waals surface area contributed by atoms with Gasteiger partial charge in [-0.1, -0.05) is 30.3 Å². The smallest absolute Gasteiger partial charge is 0.416 e. The van der Waals surface area contributed by atoms with E-state index >= 15 is 0 Å². The summed E-state index contributed by atoms with van der Waals surface area (Å²) in [5, 5.41) is 0. The summed E-state index contributed by atoms with van der Waals surface area (Å²) in [5.41, 5.74) is -2.26. The zero-order chi connectivity index (χ0) is 23.5. The van der Waals surface area contributed by atoms with Crippen LogP contribution in [0.5, 0.6) is 11.5 Å². The van der Waals surface area contributed by atoms with Crippen molar-refractivity contribution in [3.8, 4) is 11.5 Å². The quantitative estimate of drug-likeness (QED) is 0.370. The molecule has 32 heavy (non-hydrogen) atoms. The zero-order valence-corrected chi connectivity index (χ0v) is 17.2. The van der Waals surface area contributed by atoms with E-state index in [2.05, 4.69) is 0 Å². The number of halogens is 6. The Hall–Kier alpha value is -3.16. The summed E-state index contributed by atoms with van der Waals surface area (Å²) < 4.78 is 92.2. The molecule has 0 fully saturated rings. The first-order chi connectivity index (χ1) is 15.0. The average molecular weight is 454 g/mol. The van der Waals surface area contributed by atoms with Gasteiger partial charge in [-0.25, -0.2) is 0 Å². The molecule has 3 aromatic rings. The molecule has 2 nitrogen and oxygen atoms in total. The Balaban J connectivity index is 2.18. The number of hydrogen-bond acceptors (Lipinski definition) is 2. The molecule has 0 radical (unpaired) electrons. The minimum atomic E-state index is -4.93. The minimum absolute atomic E-state index is 0.497. The molecule has 0 aliphatic rings. The zero-order valence-electron chi connectivity index (χ0n) is 17.2. The summed E-state index contributed by atoms with van der Waals surface area (Å²) in [7, 11) is 2.93. The lowest BCUT2D eigenvalue weighted by molar-refractivity contribution is -0.144. The van der Waals surface area contributed by atoms with Crippen molar-refractivity contribution < 1.29 is 35.8 Å². The van der Waals surface area contributed by atoms with Gasteiger partial charge in [0.2, 0.25) is 0 Å². The van der Waals surface area contributed by atoms with Gasteiger partial charge in [0.05, 0.1) is 25.3 Å². The van der Waals surface area contributed by atoms with E-state index in [-0.39, 0.29) is 0 Å². The maximum atomic E-state index is 13.7. The molecule has 0 aliphatic carbocycles. The molecule has 3 aromatic carbocycles. The molecule has 0 N–H and O–H groups in total. The van der Waals surface area contributed by atoms with Gasteiger partial charge in [-0.3, -0.25) is 0 Å². The van der Waals surface area contributed by atoms with Gasteiger partial charge in [0.25, 0.3) is 0 Å². The molecular formula is C24H20F6O2. The fourth-order valence-electron chi connectivity index (χ4n) is 3.64. The van der Waals surface area contributed by atoms with Crippen molar-refractivity contribution in [2.45, 2.75) is 24.7 Å². The molecule has 170 valence electrons. The summed E-state index contributed by atoms with van der Waals surface area (Å²) in [4.78, 5) is 0.